The highest BCUT2D eigenvalue weighted by atomic mass is 14.4. The van der Waals surface area contributed by atoms with Crippen LogP contribution >= 0.6 is 0 Å². The zero-order valence-corrected chi connectivity index (χ0v) is 20.1. The van der Waals surface area contributed by atoms with Gasteiger partial charge in [0.25, 0.3) is 0 Å². The Kier molecular flexibility index (Phi) is 8.28. The molecule has 0 nitrogen and oxygen atoms in total. The maximum atomic E-state index is 2.43. The lowest BCUT2D eigenvalue weighted by Crippen LogP contribution is -2.30. The van der Waals surface area contributed by atoms with Crippen LogP contribution in [0.4, 0.5) is 0 Å². The minimum Gasteiger partial charge on any atom is -0.0654 e. The summed E-state index contributed by atoms with van der Waals surface area (Å²) >= 11 is 0. The number of hydrogen-bond donors (Lipinski definition) is 0. The van der Waals surface area contributed by atoms with Crippen LogP contribution in [0.3, 0.4) is 0 Å². The molecule has 2 fully saturated rings. The van der Waals surface area contributed by atoms with Gasteiger partial charge in [0.2, 0.25) is 0 Å². The fourth-order valence-corrected chi connectivity index (χ4v) is 6.51. The van der Waals surface area contributed by atoms with Gasteiger partial charge in [-0.25, -0.2) is 0 Å². The normalized spacial score (nSPS) is 25.9. The third-order valence-corrected chi connectivity index (χ3v) is 8.40. The SMILES string of the molecule is CCCCCCC1CC[C@@H]2C[C@H](c3ccc(-c4ccc(CCC)cc4)cc3)CC[C@@H]2C1. The first kappa shape index (κ1) is 22.6. The van der Waals surface area contributed by atoms with E-state index in [0.717, 1.165) is 23.7 Å². The molecule has 0 aliphatic heterocycles. The molecule has 2 aromatic rings. The van der Waals surface area contributed by atoms with Gasteiger partial charge in [-0.1, -0.05) is 107 Å². The molecule has 0 saturated heterocycles. The lowest BCUT2D eigenvalue weighted by molar-refractivity contribution is 0.113. The maximum absolute atomic E-state index is 2.43. The van der Waals surface area contributed by atoms with E-state index < -0.39 is 0 Å². The average Bonchev–Trinajstić information content (AvgIpc) is 2.82. The Balaban J connectivity index is 1.30. The van der Waals surface area contributed by atoms with Gasteiger partial charge >= 0.3 is 0 Å². The topological polar surface area (TPSA) is 0 Å². The number of unbranched alkanes of at least 4 members (excludes halogenated alkanes) is 3. The second-order valence-corrected chi connectivity index (χ2v) is 10.6. The van der Waals surface area contributed by atoms with E-state index in [1.807, 2.05) is 0 Å². The van der Waals surface area contributed by atoms with Crippen LogP contribution in [0.2, 0.25) is 0 Å². The summed E-state index contributed by atoms with van der Waals surface area (Å²) in [5.41, 5.74) is 5.76. The van der Waals surface area contributed by atoms with Crippen LogP contribution in [0, 0.1) is 17.8 Å². The standard InChI is InChI=1S/C31H44/c1-3-5-6-7-9-25-12-15-31-23-30(21-20-29(31)22-25)28-18-16-27(17-19-28)26-13-10-24(8-4-2)11-14-26/h10-11,13-14,16-19,25,29-31H,3-9,12,15,20-23H2,1-2H3/t25?,29-,30-,31-/m1/s1. The zero-order valence-electron chi connectivity index (χ0n) is 20.1. The lowest BCUT2D eigenvalue weighted by Gasteiger charge is -2.42. The molecule has 4 rings (SSSR count). The van der Waals surface area contributed by atoms with Crippen LogP contribution < -0.4 is 0 Å². The first-order valence-electron chi connectivity index (χ1n) is 13.5. The lowest BCUT2D eigenvalue weighted by atomic mass is 9.63. The van der Waals surface area contributed by atoms with Crippen molar-refractivity contribution in [3.05, 3.63) is 59.7 Å². The molecule has 0 bridgehead atoms. The molecule has 31 heavy (non-hydrogen) atoms. The monoisotopic (exact) mass is 416 g/mol. The Labute approximate surface area is 191 Å². The highest BCUT2D eigenvalue weighted by molar-refractivity contribution is 5.64. The van der Waals surface area contributed by atoms with Gasteiger partial charge in [-0.05, 0) is 84.5 Å². The van der Waals surface area contributed by atoms with Gasteiger partial charge in [0.1, 0.15) is 0 Å². The summed E-state index contributed by atoms with van der Waals surface area (Å²) in [4.78, 5) is 0. The van der Waals surface area contributed by atoms with E-state index in [-0.39, 0.29) is 0 Å². The van der Waals surface area contributed by atoms with Gasteiger partial charge < -0.3 is 0 Å². The van der Waals surface area contributed by atoms with E-state index in [4.69, 9.17) is 0 Å². The van der Waals surface area contributed by atoms with E-state index in [0.29, 0.717) is 0 Å². The van der Waals surface area contributed by atoms with Crippen molar-refractivity contribution in [1.82, 2.24) is 0 Å². The fraction of sp³-hybridized carbons (Fsp3) is 0.613. The maximum Gasteiger partial charge on any atom is -0.0159 e. The zero-order chi connectivity index (χ0) is 21.5. The highest BCUT2D eigenvalue weighted by Gasteiger charge is 2.35. The van der Waals surface area contributed by atoms with E-state index >= 15 is 0 Å². The number of rotatable bonds is 9. The van der Waals surface area contributed by atoms with Crippen molar-refractivity contribution in [3.63, 3.8) is 0 Å². The molecule has 2 aliphatic rings. The van der Waals surface area contributed by atoms with Gasteiger partial charge in [-0.2, -0.15) is 0 Å². The molecule has 1 unspecified atom stereocenters. The Hall–Kier alpha value is -1.56. The quantitative estimate of drug-likeness (QED) is 0.357. The summed E-state index contributed by atoms with van der Waals surface area (Å²) in [6.07, 6.45) is 18.5. The largest absolute Gasteiger partial charge is 0.0654 e. The molecule has 4 atom stereocenters. The predicted molar refractivity (Wildman–Crippen MR) is 136 cm³/mol. The van der Waals surface area contributed by atoms with Gasteiger partial charge in [0.15, 0.2) is 0 Å². The molecule has 2 aromatic carbocycles. The molecule has 0 N–H and O–H groups in total. The first-order valence-corrected chi connectivity index (χ1v) is 13.5. The third kappa shape index (κ3) is 6.03. The van der Waals surface area contributed by atoms with E-state index in [9.17, 15) is 0 Å². The predicted octanol–water partition coefficient (Wildman–Crippen LogP) is 9.58. The molecule has 2 saturated carbocycles. The van der Waals surface area contributed by atoms with Crippen molar-refractivity contribution >= 4 is 0 Å². The van der Waals surface area contributed by atoms with Crippen molar-refractivity contribution in [2.75, 3.05) is 0 Å². The molecule has 0 radical (unpaired) electrons. The Morgan fingerprint density at radius 3 is 2.03 bits per heavy atom. The van der Waals surface area contributed by atoms with E-state index in [1.54, 1.807) is 5.56 Å². The Morgan fingerprint density at radius 2 is 1.32 bits per heavy atom. The number of aryl methyl sites for hydroxylation is 1. The molecule has 0 amide bonds. The molecule has 0 heterocycles. The van der Waals surface area contributed by atoms with Crippen molar-refractivity contribution in [2.24, 2.45) is 17.8 Å². The van der Waals surface area contributed by atoms with Crippen molar-refractivity contribution < 1.29 is 0 Å². The smallest absolute Gasteiger partial charge is 0.0159 e. The first-order chi connectivity index (χ1) is 15.3. The van der Waals surface area contributed by atoms with Crippen LogP contribution in [0.1, 0.15) is 108 Å². The number of fused-ring (bicyclic) bond motifs is 1. The average molecular weight is 417 g/mol. The van der Waals surface area contributed by atoms with Crippen LogP contribution in [0.15, 0.2) is 48.5 Å². The molecule has 0 spiro atoms. The minimum atomic E-state index is 0.795. The molecular weight excluding hydrogens is 372 g/mol. The minimum absolute atomic E-state index is 0.795. The Morgan fingerprint density at radius 1 is 0.645 bits per heavy atom. The van der Waals surface area contributed by atoms with Gasteiger partial charge in [0, 0.05) is 0 Å². The van der Waals surface area contributed by atoms with Crippen LogP contribution in [-0.2, 0) is 6.42 Å². The highest BCUT2D eigenvalue weighted by Crippen LogP contribution is 2.48. The fourth-order valence-electron chi connectivity index (χ4n) is 6.51. The van der Waals surface area contributed by atoms with Gasteiger partial charge in [0.05, 0.1) is 0 Å². The Bertz CT molecular complexity index is 769. The molecule has 168 valence electrons. The van der Waals surface area contributed by atoms with Gasteiger partial charge in [-0.3, -0.25) is 0 Å². The number of benzene rings is 2. The summed E-state index contributed by atoms with van der Waals surface area (Å²) < 4.78 is 0. The second kappa shape index (κ2) is 11.3. The van der Waals surface area contributed by atoms with Crippen molar-refractivity contribution in [2.45, 2.75) is 103 Å². The molecule has 0 heteroatoms. The summed E-state index contributed by atoms with van der Waals surface area (Å²) in [5, 5.41) is 0. The summed E-state index contributed by atoms with van der Waals surface area (Å²) in [5.74, 6) is 3.86. The molecule has 2 aliphatic carbocycles. The van der Waals surface area contributed by atoms with Crippen molar-refractivity contribution in [3.8, 4) is 11.1 Å². The number of hydrogen-bond acceptors (Lipinski definition) is 0. The summed E-state index contributed by atoms with van der Waals surface area (Å²) in [6, 6.07) is 18.8. The molecule has 0 aromatic heterocycles. The van der Waals surface area contributed by atoms with E-state index in [2.05, 4.69) is 62.4 Å². The second-order valence-electron chi connectivity index (χ2n) is 10.6. The van der Waals surface area contributed by atoms with Crippen LogP contribution in [0.25, 0.3) is 11.1 Å². The molecular formula is C31H44. The van der Waals surface area contributed by atoms with E-state index in [1.165, 1.54) is 100 Å². The van der Waals surface area contributed by atoms with Crippen molar-refractivity contribution in [1.29, 1.82) is 0 Å². The summed E-state index contributed by atoms with van der Waals surface area (Å²) in [7, 11) is 0. The van der Waals surface area contributed by atoms with Crippen LogP contribution in [0.5, 0.6) is 0 Å². The summed E-state index contributed by atoms with van der Waals surface area (Å²) in [6.45, 7) is 4.57. The van der Waals surface area contributed by atoms with Crippen LogP contribution in [-0.4, -0.2) is 0 Å². The third-order valence-electron chi connectivity index (χ3n) is 8.40. The van der Waals surface area contributed by atoms with Gasteiger partial charge in [-0.15, -0.1) is 0 Å².